The van der Waals surface area contributed by atoms with Crippen LogP contribution in [0.25, 0.3) is 11.1 Å². The molecule has 0 aliphatic carbocycles. The van der Waals surface area contributed by atoms with E-state index in [1.165, 1.54) is 5.56 Å². The van der Waals surface area contributed by atoms with Crippen LogP contribution >= 0.6 is 0 Å². The fourth-order valence-electron chi connectivity index (χ4n) is 3.80. The Morgan fingerprint density at radius 3 is 2.81 bits per heavy atom. The van der Waals surface area contributed by atoms with Gasteiger partial charge in [0.2, 0.25) is 0 Å². The number of likely N-dealkylation sites (tertiary alicyclic amines) is 1. The van der Waals surface area contributed by atoms with Crippen molar-refractivity contribution in [3.8, 4) is 11.1 Å². The van der Waals surface area contributed by atoms with Gasteiger partial charge in [-0.2, -0.15) is 10.2 Å². The zero-order valence-corrected chi connectivity index (χ0v) is 15.9. The molecule has 0 saturated carbocycles. The number of hydrogen-bond donors (Lipinski definition) is 1. The Hall–Kier alpha value is -2.89. The molecule has 1 N–H and O–H groups in total. The maximum Gasteiger partial charge on any atom is 0.257 e. The third-order valence-corrected chi connectivity index (χ3v) is 5.35. The maximum absolute atomic E-state index is 12.9. The van der Waals surface area contributed by atoms with Gasteiger partial charge in [-0.15, -0.1) is 0 Å². The SMILES string of the molecule is CCn1cc(C(=O)N2CCC[C@H](c3[nH]ncc3-c3ccc(C)cc3)C2)cn1. The number of benzene rings is 1. The average Bonchev–Trinajstić information content (AvgIpc) is 3.38. The summed E-state index contributed by atoms with van der Waals surface area (Å²) in [7, 11) is 0. The summed E-state index contributed by atoms with van der Waals surface area (Å²) in [6, 6.07) is 8.51. The molecular formula is C21H25N5O. The highest BCUT2D eigenvalue weighted by Gasteiger charge is 2.28. The molecule has 6 heteroatoms. The van der Waals surface area contributed by atoms with E-state index in [4.69, 9.17) is 0 Å². The molecule has 0 radical (unpaired) electrons. The largest absolute Gasteiger partial charge is 0.338 e. The van der Waals surface area contributed by atoms with Gasteiger partial charge in [0.05, 0.1) is 18.0 Å². The number of nitrogens with one attached hydrogen (secondary N) is 1. The van der Waals surface area contributed by atoms with Crippen molar-refractivity contribution in [3.05, 3.63) is 59.7 Å². The average molecular weight is 363 g/mol. The second kappa shape index (κ2) is 7.39. The smallest absolute Gasteiger partial charge is 0.257 e. The molecule has 1 aliphatic heterocycles. The molecule has 1 aliphatic rings. The molecule has 3 aromatic rings. The summed E-state index contributed by atoms with van der Waals surface area (Å²) in [6.07, 6.45) is 7.44. The van der Waals surface area contributed by atoms with Gasteiger partial charge in [-0.3, -0.25) is 14.6 Å². The molecule has 1 amide bonds. The first-order valence-corrected chi connectivity index (χ1v) is 9.57. The molecule has 1 atom stereocenters. The van der Waals surface area contributed by atoms with E-state index < -0.39 is 0 Å². The summed E-state index contributed by atoms with van der Waals surface area (Å²) in [5.74, 6) is 0.332. The monoisotopic (exact) mass is 363 g/mol. The minimum absolute atomic E-state index is 0.0656. The van der Waals surface area contributed by atoms with E-state index >= 15 is 0 Å². The quantitative estimate of drug-likeness (QED) is 0.770. The van der Waals surface area contributed by atoms with Gasteiger partial charge >= 0.3 is 0 Å². The van der Waals surface area contributed by atoms with E-state index in [0.29, 0.717) is 12.1 Å². The Morgan fingerprint density at radius 2 is 2.07 bits per heavy atom. The van der Waals surface area contributed by atoms with Crippen LogP contribution in [0, 0.1) is 6.92 Å². The molecule has 1 fully saturated rings. The fourth-order valence-corrected chi connectivity index (χ4v) is 3.80. The Morgan fingerprint density at radius 1 is 1.26 bits per heavy atom. The number of aryl methyl sites for hydroxylation is 2. The van der Waals surface area contributed by atoms with Crippen LogP contribution in [0.4, 0.5) is 0 Å². The van der Waals surface area contributed by atoms with Crippen molar-refractivity contribution in [3.63, 3.8) is 0 Å². The van der Waals surface area contributed by atoms with Crippen molar-refractivity contribution in [2.45, 2.75) is 39.2 Å². The molecule has 4 rings (SSSR count). The lowest BCUT2D eigenvalue weighted by molar-refractivity contribution is 0.0706. The van der Waals surface area contributed by atoms with Gasteiger partial charge in [0, 0.05) is 43.0 Å². The van der Waals surface area contributed by atoms with E-state index in [0.717, 1.165) is 42.8 Å². The van der Waals surface area contributed by atoms with Crippen LogP contribution < -0.4 is 0 Å². The van der Waals surface area contributed by atoms with Crippen molar-refractivity contribution < 1.29 is 4.79 Å². The minimum atomic E-state index is 0.0656. The van der Waals surface area contributed by atoms with E-state index in [-0.39, 0.29) is 11.8 Å². The van der Waals surface area contributed by atoms with E-state index in [2.05, 4.69) is 46.5 Å². The Labute approximate surface area is 159 Å². The summed E-state index contributed by atoms with van der Waals surface area (Å²) in [5, 5.41) is 11.7. The predicted octanol–water partition coefficient (Wildman–Crippen LogP) is 3.62. The number of rotatable bonds is 4. The van der Waals surface area contributed by atoms with Crippen molar-refractivity contribution >= 4 is 5.91 Å². The number of aromatic amines is 1. The summed E-state index contributed by atoms with van der Waals surface area (Å²) in [4.78, 5) is 14.8. The first kappa shape index (κ1) is 17.5. The fraction of sp³-hybridized carbons (Fsp3) is 0.381. The highest BCUT2D eigenvalue weighted by Crippen LogP contribution is 2.33. The number of amides is 1. The lowest BCUT2D eigenvalue weighted by Gasteiger charge is -2.32. The zero-order chi connectivity index (χ0) is 18.8. The van der Waals surface area contributed by atoms with Crippen LogP contribution in [0.2, 0.25) is 0 Å². The van der Waals surface area contributed by atoms with Crippen LogP contribution in [-0.4, -0.2) is 43.9 Å². The molecule has 0 spiro atoms. The number of aromatic nitrogens is 4. The first-order chi connectivity index (χ1) is 13.2. The zero-order valence-electron chi connectivity index (χ0n) is 15.9. The molecule has 0 bridgehead atoms. The number of carbonyl (C=O) groups excluding carboxylic acids is 1. The van der Waals surface area contributed by atoms with Crippen LogP contribution in [0.5, 0.6) is 0 Å². The van der Waals surface area contributed by atoms with Crippen LogP contribution in [0.15, 0.2) is 42.9 Å². The number of hydrogen-bond acceptors (Lipinski definition) is 3. The van der Waals surface area contributed by atoms with Gasteiger partial charge in [-0.05, 0) is 32.3 Å². The van der Waals surface area contributed by atoms with Crippen molar-refractivity contribution in [2.24, 2.45) is 0 Å². The maximum atomic E-state index is 12.9. The second-order valence-corrected chi connectivity index (χ2v) is 7.24. The van der Waals surface area contributed by atoms with Gasteiger partial charge in [0.1, 0.15) is 0 Å². The van der Waals surface area contributed by atoms with Crippen molar-refractivity contribution in [1.29, 1.82) is 0 Å². The standard InChI is InChI=1S/C21H25N5O/c1-3-26-14-18(11-23-26)21(27)25-10-4-5-17(13-25)20-19(12-22-24-20)16-8-6-15(2)7-9-16/h6-9,11-12,14,17H,3-5,10,13H2,1-2H3,(H,22,24)/t17-/m0/s1. The summed E-state index contributed by atoms with van der Waals surface area (Å²) < 4.78 is 1.79. The van der Waals surface area contributed by atoms with Crippen LogP contribution in [0.3, 0.4) is 0 Å². The molecular weight excluding hydrogens is 338 g/mol. The highest BCUT2D eigenvalue weighted by molar-refractivity contribution is 5.93. The van der Waals surface area contributed by atoms with Gasteiger partial charge in [-0.1, -0.05) is 29.8 Å². The molecule has 140 valence electrons. The number of nitrogens with zero attached hydrogens (tertiary/aromatic N) is 4. The van der Waals surface area contributed by atoms with Gasteiger partial charge in [-0.25, -0.2) is 0 Å². The topological polar surface area (TPSA) is 66.8 Å². The first-order valence-electron chi connectivity index (χ1n) is 9.57. The Kier molecular flexibility index (Phi) is 4.79. The molecule has 27 heavy (non-hydrogen) atoms. The molecule has 1 aromatic carbocycles. The van der Waals surface area contributed by atoms with Gasteiger partial charge < -0.3 is 4.90 Å². The molecule has 6 nitrogen and oxygen atoms in total. The van der Waals surface area contributed by atoms with Crippen molar-refractivity contribution in [2.75, 3.05) is 13.1 Å². The number of H-pyrrole nitrogens is 1. The molecule has 2 aromatic heterocycles. The van der Waals surface area contributed by atoms with E-state index in [1.54, 1.807) is 10.9 Å². The van der Waals surface area contributed by atoms with E-state index in [1.807, 2.05) is 24.2 Å². The lowest BCUT2D eigenvalue weighted by Crippen LogP contribution is -2.39. The van der Waals surface area contributed by atoms with Crippen LogP contribution in [0.1, 0.15) is 47.3 Å². The molecule has 3 heterocycles. The second-order valence-electron chi connectivity index (χ2n) is 7.24. The minimum Gasteiger partial charge on any atom is -0.338 e. The highest BCUT2D eigenvalue weighted by atomic mass is 16.2. The number of carbonyl (C=O) groups is 1. The Bertz CT molecular complexity index is 924. The predicted molar refractivity (Wildman–Crippen MR) is 105 cm³/mol. The third-order valence-electron chi connectivity index (χ3n) is 5.35. The lowest BCUT2D eigenvalue weighted by atomic mass is 9.90. The third kappa shape index (κ3) is 3.52. The normalized spacial score (nSPS) is 17.3. The van der Waals surface area contributed by atoms with Gasteiger partial charge in [0.15, 0.2) is 0 Å². The Balaban J connectivity index is 1.54. The summed E-state index contributed by atoms with van der Waals surface area (Å²) in [5.41, 5.74) is 5.33. The molecule has 1 saturated heterocycles. The van der Waals surface area contributed by atoms with E-state index in [9.17, 15) is 4.79 Å². The molecule has 0 unspecified atom stereocenters. The van der Waals surface area contributed by atoms with Crippen molar-refractivity contribution in [1.82, 2.24) is 24.9 Å². The van der Waals surface area contributed by atoms with Gasteiger partial charge in [0.25, 0.3) is 5.91 Å². The number of piperidine rings is 1. The summed E-state index contributed by atoms with van der Waals surface area (Å²) >= 11 is 0. The van der Waals surface area contributed by atoms with Crippen LogP contribution in [-0.2, 0) is 6.54 Å². The summed E-state index contributed by atoms with van der Waals surface area (Å²) in [6.45, 7) is 6.37.